The van der Waals surface area contributed by atoms with Gasteiger partial charge in [0.05, 0.1) is 10.6 Å². The van der Waals surface area contributed by atoms with Gasteiger partial charge in [-0.05, 0) is 37.6 Å². The molecular weight excluding hydrogens is 310 g/mol. The van der Waals surface area contributed by atoms with Crippen LogP contribution in [0.2, 0.25) is 0 Å². The number of nitrogens with one attached hydrogen (secondary N) is 1. The van der Waals surface area contributed by atoms with Crippen LogP contribution in [-0.2, 0) is 0 Å². The molecule has 0 saturated carbocycles. The second-order valence-electron chi connectivity index (χ2n) is 5.13. The highest BCUT2D eigenvalue weighted by Crippen LogP contribution is 2.19. The Morgan fingerprint density at radius 3 is 2.58 bits per heavy atom. The number of rotatable bonds is 5. The van der Waals surface area contributed by atoms with E-state index in [1.165, 1.54) is 18.2 Å². The molecule has 0 aliphatic carbocycles. The molecule has 2 aromatic carbocycles. The van der Waals surface area contributed by atoms with Crippen LogP contribution >= 0.6 is 0 Å². The van der Waals surface area contributed by atoms with Gasteiger partial charge in [-0.2, -0.15) is 5.10 Å². The lowest BCUT2D eigenvalue weighted by atomic mass is 10.1. The van der Waals surface area contributed by atoms with Crippen LogP contribution in [0.15, 0.2) is 47.6 Å². The molecule has 0 unspecified atom stereocenters. The number of benzene rings is 2. The fraction of sp³-hybridized carbons (Fsp3) is 0.176. The molecule has 0 spiro atoms. The number of carbonyl (C=O) groups excluding carboxylic acids is 1. The Morgan fingerprint density at radius 1 is 1.29 bits per heavy atom. The summed E-state index contributed by atoms with van der Waals surface area (Å²) in [6.45, 7) is 3.42. The van der Waals surface area contributed by atoms with Gasteiger partial charge in [0.2, 0.25) is 0 Å². The third-order valence-electron chi connectivity index (χ3n) is 3.50. The number of nitro groups is 1. The summed E-state index contributed by atoms with van der Waals surface area (Å²) in [4.78, 5) is 22.5. The fourth-order valence-electron chi connectivity index (χ4n) is 2.23. The highest BCUT2D eigenvalue weighted by atomic mass is 16.6. The van der Waals surface area contributed by atoms with Crippen molar-refractivity contribution in [3.8, 4) is 5.75 Å². The third-order valence-corrected chi connectivity index (χ3v) is 3.50. The van der Waals surface area contributed by atoms with E-state index in [0.717, 1.165) is 0 Å². The molecule has 0 atom stereocenters. The first-order chi connectivity index (χ1) is 11.4. The van der Waals surface area contributed by atoms with E-state index in [1.807, 2.05) is 6.92 Å². The number of aromatic hydroxyl groups is 1. The van der Waals surface area contributed by atoms with Crippen molar-refractivity contribution in [2.75, 3.05) is 0 Å². The topological polar surface area (TPSA) is 105 Å². The van der Waals surface area contributed by atoms with Crippen molar-refractivity contribution in [2.24, 2.45) is 5.10 Å². The van der Waals surface area contributed by atoms with Crippen molar-refractivity contribution in [3.63, 3.8) is 0 Å². The van der Waals surface area contributed by atoms with Gasteiger partial charge in [0.15, 0.2) is 0 Å². The van der Waals surface area contributed by atoms with Crippen molar-refractivity contribution in [2.45, 2.75) is 20.3 Å². The molecule has 0 aromatic heterocycles. The second-order valence-corrected chi connectivity index (χ2v) is 5.13. The van der Waals surface area contributed by atoms with E-state index >= 15 is 0 Å². The van der Waals surface area contributed by atoms with Crippen LogP contribution in [-0.4, -0.2) is 21.6 Å². The van der Waals surface area contributed by atoms with Crippen LogP contribution in [0, 0.1) is 17.0 Å². The Bertz CT molecular complexity index is 815. The maximum atomic E-state index is 12.2. The van der Waals surface area contributed by atoms with Crippen molar-refractivity contribution in [1.82, 2.24) is 5.43 Å². The lowest BCUT2D eigenvalue weighted by Crippen LogP contribution is -2.20. The highest BCUT2D eigenvalue weighted by molar-refractivity contribution is 6.04. The van der Waals surface area contributed by atoms with E-state index in [0.29, 0.717) is 23.3 Å². The minimum Gasteiger partial charge on any atom is -0.507 e. The summed E-state index contributed by atoms with van der Waals surface area (Å²) < 4.78 is 0. The molecule has 124 valence electrons. The summed E-state index contributed by atoms with van der Waals surface area (Å²) in [5.41, 5.74) is 4.12. The summed E-state index contributed by atoms with van der Waals surface area (Å²) in [6.07, 6.45) is 0.511. The average molecular weight is 327 g/mol. The molecule has 0 radical (unpaired) electrons. The maximum Gasteiger partial charge on any atom is 0.272 e. The molecule has 2 rings (SSSR count). The zero-order valence-corrected chi connectivity index (χ0v) is 13.3. The quantitative estimate of drug-likeness (QED) is 0.500. The normalized spacial score (nSPS) is 11.2. The number of nitro benzene ring substituents is 1. The van der Waals surface area contributed by atoms with Gasteiger partial charge in [0.25, 0.3) is 11.6 Å². The Labute approximate surface area is 138 Å². The lowest BCUT2D eigenvalue weighted by molar-refractivity contribution is -0.385. The smallest absolute Gasteiger partial charge is 0.272 e. The Kier molecular flexibility index (Phi) is 5.26. The minimum absolute atomic E-state index is 0.0430. The summed E-state index contributed by atoms with van der Waals surface area (Å²) in [5, 5.41) is 24.7. The Morgan fingerprint density at radius 2 is 2.00 bits per heavy atom. The number of aryl methyl sites for hydroxylation is 1. The number of hydrazone groups is 1. The van der Waals surface area contributed by atoms with E-state index < -0.39 is 10.8 Å². The van der Waals surface area contributed by atoms with Crippen LogP contribution in [0.1, 0.15) is 34.8 Å². The number of hydrogen-bond acceptors (Lipinski definition) is 5. The Hall–Kier alpha value is -3.22. The van der Waals surface area contributed by atoms with Crippen molar-refractivity contribution in [1.29, 1.82) is 0 Å². The van der Waals surface area contributed by atoms with Gasteiger partial charge >= 0.3 is 0 Å². The van der Waals surface area contributed by atoms with Crippen molar-refractivity contribution >= 4 is 17.3 Å². The molecule has 0 bridgehead atoms. The summed E-state index contributed by atoms with van der Waals surface area (Å²) in [6, 6.07) is 10.8. The largest absolute Gasteiger partial charge is 0.507 e. The zero-order chi connectivity index (χ0) is 17.7. The first-order valence-corrected chi connectivity index (χ1v) is 7.34. The average Bonchev–Trinajstić information content (AvgIpc) is 2.56. The maximum absolute atomic E-state index is 12.2. The first-order valence-electron chi connectivity index (χ1n) is 7.34. The van der Waals surface area contributed by atoms with Crippen LogP contribution in [0.5, 0.6) is 5.75 Å². The van der Waals surface area contributed by atoms with Crippen molar-refractivity contribution < 1.29 is 14.8 Å². The summed E-state index contributed by atoms with van der Waals surface area (Å²) >= 11 is 0. The summed E-state index contributed by atoms with van der Waals surface area (Å²) in [5.74, 6) is -0.395. The number of phenolic OH excluding ortho intramolecular Hbond substituents is 1. The van der Waals surface area contributed by atoms with Gasteiger partial charge in [-0.15, -0.1) is 0 Å². The molecule has 2 N–H and O–H groups in total. The van der Waals surface area contributed by atoms with E-state index in [2.05, 4.69) is 10.5 Å². The van der Waals surface area contributed by atoms with Crippen LogP contribution in [0.25, 0.3) is 0 Å². The zero-order valence-electron chi connectivity index (χ0n) is 13.3. The minimum atomic E-state index is -0.497. The van der Waals surface area contributed by atoms with Gasteiger partial charge in [0, 0.05) is 22.8 Å². The Balaban J connectivity index is 2.21. The number of nitrogens with zero attached hydrogens (tertiary/aromatic N) is 2. The fourth-order valence-corrected chi connectivity index (χ4v) is 2.23. The molecule has 0 aliphatic heterocycles. The number of carbonyl (C=O) groups is 1. The number of phenols is 1. The van der Waals surface area contributed by atoms with E-state index in [-0.39, 0.29) is 17.0 Å². The SMILES string of the molecule is CC/C(=N\NC(=O)c1ccc([N+](=O)[O-])c(C)c1)c1ccccc1O. The molecule has 0 saturated heterocycles. The van der Waals surface area contributed by atoms with Crippen LogP contribution in [0.3, 0.4) is 0 Å². The molecule has 7 heteroatoms. The van der Waals surface area contributed by atoms with Gasteiger partial charge in [-0.1, -0.05) is 19.1 Å². The predicted molar refractivity (Wildman–Crippen MR) is 90.2 cm³/mol. The number of para-hydroxylation sites is 1. The lowest BCUT2D eigenvalue weighted by Gasteiger charge is -2.07. The van der Waals surface area contributed by atoms with Gasteiger partial charge in [-0.25, -0.2) is 5.43 Å². The first kappa shape index (κ1) is 17.1. The number of hydrogen-bond donors (Lipinski definition) is 2. The molecule has 1 amide bonds. The van der Waals surface area contributed by atoms with Crippen LogP contribution in [0.4, 0.5) is 5.69 Å². The standard InChI is InChI=1S/C17H17N3O4/c1-3-14(13-6-4-5-7-16(13)21)18-19-17(22)12-8-9-15(20(23)24)11(2)10-12/h4-10,21H,3H2,1-2H3,(H,19,22)/b18-14+. The third kappa shape index (κ3) is 3.75. The molecule has 0 heterocycles. The molecule has 0 aliphatic rings. The molecule has 0 fully saturated rings. The number of amides is 1. The van der Waals surface area contributed by atoms with Crippen LogP contribution < -0.4 is 5.43 Å². The van der Waals surface area contributed by atoms with Gasteiger partial charge in [-0.3, -0.25) is 14.9 Å². The van der Waals surface area contributed by atoms with E-state index in [4.69, 9.17) is 0 Å². The molecular formula is C17H17N3O4. The van der Waals surface area contributed by atoms with Crippen molar-refractivity contribution in [3.05, 3.63) is 69.3 Å². The monoisotopic (exact) mass is 327 g/mol. The van der Waals surface area contributed by atoms with Gasteiger partial charge < -0.3 is 5.11 Å². The summed E-state index contributed by atoms with van der Waals surface area (Å²) in [7, 11) is 0. The van der Waals surface area contributed by atoms with E-state index in [9.17, 15) is 20.0 Å². The predicted octanol–water partition coefficient (Wildman–Crippen LogP) is 3.15. The molecule has 2 aromatic rings. The van der Waals surface area contributed by atoms with Gasteiger partial charge in [0.1, 0.15) is 5.75 Å². The van der Waals surface area contributed by atoms with E-state index in [1.54, 1.807) is 31.2 Å². The second kappa shape index (κ2) is 7.36. The molecule has 7 nitrogen and oxygen atoms in total. The highest BCUT2D eigenvalue weighted by Gasteiger charge is 2.14. The molecule has 24 heavy (non-hydrogen) atoms.